The molecule has 0 amide bonds. The summed E-state index contributed by atoms with van der Waals surface area (Å²) in [5, 5.41) is 0. The summed E-state index contributed by atoms with van der Waals surface area (Å²) in [7, 11) is 2.20. The lowest BCUT2D eigenvalue weighted by atomic mass is 10.0. The molecule has 0 aliphatic carbocycles. The van der Waals surface area contributed by atoms with Crippen LogP contribution >= 0.6 is 0 Å². The van der Waals surface area contributed by atoms with E-state index in [1.54, 1.807) is 0 Å². The van der Waals surface area contributed by atoms with E-state index in [2.05, 4.69) is 30.7 Å². The van der Waals surface area contributed by atoms with Crippen molar-refractivity contribution in [2.75, 3.05) is 33.2 Å². The minimum atomic E-state index is 0.570. The van der Waals surface area contributed by atoms with Crippen molar-refractivity contribution in [2.24, 2.45) is 5.73 Å². The number of piperazine rings is 1. The summed E-state index contributed by atoms with van der Waals surface area (Å²) in [6.07, 6.45) is 3.85. The van der Waals surface area contributed by atoms with Crippen LogP contribution in [0.5, 0.6) is 0 Å². The smallest absolute Gasteiger partial charge is 0.0349 e. The van der Waals surface area contributed by atoms with E-state index in [0.29, 0.717) is 6.04 Å². The Labute approximate surface area is 94.6 Å². The second kappa shape index (κ2) is 6.46. The van der Waals surface area contributed by atoms with Crippen LogP contribution in [0.15, 0.2) is 0 Å². The first kappa shape index (κ1) is 12.9. The van der Waals surface area contributed by atoms with E-state index in [9.17, 15) is 0 Å². The van der Waals surface area contributed by atoms with E-state index in [-0.39, 0.29) is 0 Å². The summed E-state index contributed by atoms with van der Waals surface area (Å²) >= 11 is 0. The van der Waals surface area contributed by atoms with Crippen molar-refractivity contribution in [1.29, 1.82) is 0 Å². The monoisotopic (exact) mass is 213 g/mol. The fraction of sp³-hybridized carbons (Fsp3) is 1.00. The maximum atomic E-state index is 5.88. The molecule has 3 nitrogen and oxygen atoms in total. The average Bonchev–Trinajstić information content (AvgIpc) is 2.26. The predicted molar refractivity (Wildman–Crippen MR) is 66.0 cm³/mol. The Morgan fingerprint density at radius 1 is 1.33 bits per heavy atom. The number of nitrogens with zero attached hydrogens (tertiary/aromatic N) is 2. The van der Waals surface area contributed by atoms with Crippen molar-refractivity contribution in [3.8, 4) is 0 Å². The molecule has 2 unspecified atom stereocenters. The average molecular weight is 213 g/mol. The second-order valence-electron chi connectivity index (χ2n) is 4.74. The van der Waals surface area contributed by atoms with Crippen LogP contribution in [0.25, 0.3) is 0 Å². The molecular weight excluding hydrogens is 186 g/mol. The number of likely N-dealkylation sites (N-methyl/N-ethyl adjacent to an activating group) is 1. The van der Waals surface area contributed by atoms with Crippen molar-refractivity contribution in [1.82, 2.24) is 9.80 Å². The third-order valence-electron chi connectivity index (χ3n) is 3.57. The van der Waals surface area contributed by atoms with E-state index < -0.39 is 0 Å². The maximum absolute atomic E-state index is 5.88. The molecule has 0 aromatic heterocycles. The normalized spacial score (nSPS) is 26.8. The van der Waals surface area contributed by atoms with Crippen molar-refractivity contribution < 1.29 is 0 Å². The molecule has 1 rings (SSSR count). The van der Waals surface area contributed by atoms with Crippen LogP contribution in [0, 0.1) is 0 Å². The predicted octanol–water partition coefficient (Wildman–Crippen LogP) is 1.14. The first-order chi connectivity index (χ1) is 7.22. The van der Waals surface area contributed by atoms with Gasteiger partial charge in [0, 0.05) is 38.3 Å². The minimum absolute atomic E-state index is 0.570. The largest absolute Gasteiger partial charge is 0.329 e. The van der Waals surface area contributed by atoms with Gasteiger partial charge in [0.1, 0.15) is 0 Å². The highest BCUT2D eigenvalue weighted by Crippen LogP contribution is 2.17. The van der Waals surface area contributed by atoms with Gasteiger partial charge >= 0.3 is 0 Å². The van der Waals surface area contributed by atoms with Gasteiger partial charge in [0.2, 0.25) is 0 Å². The molecule has 0 radical (unpaired) electrons. The van der Waals surface area contributed by atoms with Gasteiger partial charge in [-0.25, -0.2) is 0 Å². The Bertz CT molecular complexity index is 166. The van der Waals surface area contributed by atoms with Gasteiger partial charge in [0.25, 0.3) is 0 Å². The van der Waals surface area contributed by atoms with Gasteiger partial charge < -0.3 is 10.6 Å². The molecule has 90 valence electrons. The summed E-state index contributed by atoms with van der Waals surface area (Å²) in [6, 6.07) is 1.32. The summed E-state index contributed by atoms with van der Waals surface area (Å²) in [6.45, 7) is 8.89. The molecule has 2 atom stereocenters. The molecule has 1 fully saturated rings. The van der Waals surface area contributed by atoms with Crippen molar-refractivity contribution in [2.45, 2.75) is 45.2 Å². The standard InChI is InChI=1S/C12H27N3/c1-4-6-11(5-2)15-8-7-14(3)10-12(15)9-13/h11-12H,4-10,13H2,1-3H3. The second-order valence-corrected chi connectivity index (χ2v) is 4.74. The first-order valence-corrected chi connectivity index (χ1v) is 6.37. The molecule has 0 spiro atoms. The zero-order valence-corrected chi connectivity index (χ0v) is 10.6. The Hall–Kier alpha value is -0.120. The number of rotatable bonds is 5. The Balaban J connectivity index is 2.56. The number of hydrogen-bond donors (Lipinski definition) is 1. The van der Waals surface area contributed by atoms with Crippen LogP contribution < -0.4 is 5.73 Å². The van der Waals surface area contributed by atoms with E-state index in [4.69, 9.17) is 5.73 Å². The highest BCUT2D eigenvalue weighted by molar-refractivity contribution is 4.85. The molecule has 2 N–H and O–H groups in total. The van der Waals surface area contributed by atoms with Gasteiger partial charge in [-0.15, -0.1) is 0 Å². The molecule has 1 heterocycles. The molecule has 1 saturated heterocycles. The lowest BCUT2D eigenvalue weighted by Crippen LogP contribution is -2.57. The fourth-order valence-corrected chi connectivity index (χ4v) is 2.65. The van der Waals surface area contributed by atoms with E-state index in [1.165, 1.54) is 32.4 Å². The Morgan fingerprint density at radius 2 is 2.07 bits per heavy atom. The summed E-state index contributed by atoms with van der Waals surface area (Å²) < 4.78 is 0. The topological polar surface area (TPSA) is 32.5 Å². The summed E-state index contributed by atoms with van der Waals surface area (Å²) in [4.78, 5) is 5.04. The van der Waals surface area contributed by atoms with Crippen LogP contribution in [0.3, 0.4) is 0 Å². The van der Waals surface area contributed by atoms with Gasteiger partial charge in [0.15, 0.2) is 0 Å². The molecule has 0 saturated carbocycles. The fourth-order valence-electron chi connectivity index (χ4n) is 2.65. The highest BCUT2D eigenvalue weighted by atomic mass is 15.3. The molecular formula is C12H27N3. The lowest BCUT2D eigenvalue weighted by molar-refractivity contribution is 0.0507. The van der Waals surface area contributed by atoms with Crippen LogP contribution in [-0.4, -0.2) is 55.1 Å². The third-order valence-corrected chi connectivity index (χ3v) is 3.57. The number of nitrogens with two attached hydrogens (primary N) is 1. The Morgan fingerprint density at radius 3 is 2.60 bits per heavy atom. The Kier molecular flexibility index (Phi) is 5.58. The lowest BCUT2D eigenvalue weighted by Gasteiger charge is -2.43. The van der Waals surface area contributed by atoms with Gasteiger partial charge in [-0.1, -0.05) is 20.3 Å². The quantitative estimate of drug-likeness (QED) is 0.743. The van der Waals surface area contributed by atoms with Crippen molar-refractivity contribution in [3.63, 3.8) is 0 Å². The summed E-state index contributed by atoms with van der Waals surface area (Å²) in [5.74, 6) is 0. The SMILES string of the molecule is CCCC(CC)N1CCN(C)CC1CN. The van der Waals surface area contributed by atoms with Gasteiger partial charge in [0.05, 0.1) is 0 Å². The third kappa shape index (κ3) is 3.44. The summed E-state index contributed by atoms with van der Waals surface area (Å²) in [5.41, 5.74) is 5.88. The van der Waals surface area contributed by atoms with Gasteiger partial charge in [-0.05, 0) is 19.9 Å². The van der Waals surface area contributed by atoms with E-state index in [1.807, 2.05) is 0 Å². The molecule has 0 bridgehead atoms. The molecule has 0 aromatic carbocycles. The van der Waals surface area contributed by atoms with Crippen LogP contribution in [-0.2, 0) is 0 Å². The molecule has 1 aliphatic heterocycles. The highest BCUT2D eigenvalue weighted by Gasteiger charge is 2.28. The van der Waals surface area contributed by atoms with E-state index >= 15 is 0 Å². The van der Waals surface area contributed by atoms with Crippen LogP contribution in [0.2, 0.25) is 0 Å². The number of hydrogen-bond acceptors (Lipinski definition) is 3. The molecule has 1 aliphatic rings. The van der Waals surface area contributed by atoms with Crippen molar-refractivity contribution >= 4 is 0 Å². The molecule has 3 heteroatoms. The van der Waals surface area contributed by atoms with Gasteiger partial charge in [-0.3, -0.25) is 4.90 Å². The van der Waals surface area contributed by atoms with Gasteiger partial charge in [-0.2, -0.15) is 0 Å². The zero-order valence-electron chi connectivity index (χ0n) is 10.6. The zero-order chi connectivity index (χ0) is 11.3. The van der Waals surface area contributed by atoms with Crippen molar-refractivity contribution in [3.05, 3.63) is 0 Å². The van der Waals surface area contributed by atoms with Crippen LogP contribution in [0.4, 0.5) is 0 Å². The molecule has 15 heavy (non-hydrogen) atoms. The minimum Gasteiger partial charge on any atom is -0.329 e. The first-order valence-electron chi connectivity index (χ1n) is 6.37. The maximum Gasteiger partial charge on any atom is 0.0349 e. The van der Waals surface area contributed by atoms with Crippen LogP contribution in [0.1, 0.15) is 33.1 Å². The molecule has 0 aromatic rings. The van der Waals surface area contributed by atoms with E-state index in [0.717, 1.165) is 19.1 Å².